The number of urea groups is 1. The smallest absolute Gasteiger partial charge is 0.341 e. The van der Waals surface area contributed by atoms with Crippen molar-refractivity contribution in [3.05, 3.63) is 0 Å². The standard InChI is InChI=1S/C8H13N3O5/c1-10-2-3-11(4-6(10)12)8(15)9-16-5-7(13)14/h2-5H2,1H3,(H,9,15)(H,13,14). The van der Waals surface area contributed by atoms with Crippen LogP contribution in [0.3, 0.4) is 0 Å². The third kappa shape index (κ3) is 3.39. The number of rotatable bonds is 3. The number of hydrogen-bond acceptors (Lipinski definition) is 4. The number of aliphatic carboxylic acids is 1. The number of amides is 3. The van der Waals surface area contributed by atoms with E-state index in [4.69, 9.17) is 5.11 Å². The van der Waals surface area contributed by atoms with Crippen LogP contribution in [0.1, 0.15) is 0 Å². The monoisotopic (exact) mass is 231 g/mol. The molecule has 1 heterocycles. The molecule has 0 aromatic carbocycles. The molecule has 0 spiro atoms. The molecule has 1 aliphatic rings. The molecule has 0 atom stereocenters. The number of nitrogens with one attached hydrogen (secondary N) is 1. The van der Waals surface area contributed by atoms with Gasteiger partial charge >= 0.3 is 12.0 Å². The summed E-state index contributed by atoms with van der Waals surface area (Å²) < 4.78 is 0. The molecule has 0 saturated carbocycles. The molecule has 90 valence electrons. The fraction of sp³-hybridized carbons (Fsp3) is 0.625. The van der Waals surface area contributed by atoms with Gasteiger partial charge in [-0.05, 0) is 0 Å². The van der Waals surface area contributed by atoms with Gasteiger partial charge in [0.2, 0.25) is 5.91 Å². The summed E-state index contributed by atoms with van der Waals surface area (Å²) in [6.45, 7) is 0.196. The highest BCUT2D eigenvalue weighted by Gasteiger charge is 2.24. The van der Waals surface area contributed by atoms with Gasteiger partial charge in [0.25, 0.3) is 0 Å². The van der Waals surface area contributed by atoms with Gasteiger partial charge in [-0.15, -0.1) is 0 Å². The van der Waals surface area contributed by atoms with E-state index in [0.717, 1.165) is 0 Å². The number of carbonyl (C=O) groups is 3. The third-order valence-electron chi connectivity index (χ3n) is 2.10. The van der Waals surface area contributed by atoms with Crippen molar-refractivity contribution in [3.8, 4) is 0 Å². The second-order valence-electron chi connectivity index (χ2n) is 3.33. The van der Waals surface area contributed by atoms with Crippen molar-refractivity contribution < 1.29 is 24.3 Å². The topological polar surface area (TPSA) is 99.2 Å². The Morgan fingerprint density at radius 3 is 2.75 bits per heavy atom. The van der Waals surface area contributed by atoms with E-state index in [1.165, 1.54) is 9.80 Å². The Balaban J connectivity index is 2.32. The third-order valence-corrected chi connectivity index (χ3v) is 2.10. The van der Waals surface area contributed by atoms with Crippen molar-refractivity contribution >= 4 is 17.9 Å². The van der Waals surface area contributed by atoms with E-state index in [1.807, 2.05) is 5.48 Å². The first kappa shape index (κ1) is 12.2. The molecule has 0 aliphatic carbocycles. The van der Waals surface area contributed by atoms with Crippen LogP contribution in [-0.2, 0) is 14.4 Å². The highest BCUT2D eigenvalue weighted by molar-refractivity contribution is 5.84. The summed E-state index contributed by atoms with van der Waals surface area (Å²) >= 11 is 0. The number of likely N-dealkylation sites (N-methyl/N-ethyl adjacent to an activating group) is 1. The average Bonchev–Trinajstić information content (AvgIpc) is 2.21. The van der Waals surface area contributed by atoms with Crippen molar-refractivity contribution in [2.24, 2.45) is 0 Å². The van der Waals surface area contributed by atoms with Crippen LogP contribution in [0.25, 0.3) is 0 Å². The molecule has 1 saturated heterocycles. The lowest BCUT2D eigenvalue weighted by atomic mass is 10.3. The minimum atomic E-state index is -1.19. The fourth-order valence-corrected chi connectivity index (χ4v) is 1.16. The maximum atomic E-state index is 11.4. The number of nitrogens with zero attached hydrogens (tertiary/aromatic N) is 2. The van der Waals surface area contributed by atoms with E-state index in [0.29, 0.717) is 13.1 Å². The molecule has 0 radical (unpaired) electrons. The van der Waals surface area contributed by atoms with Crippen molar-refractivity contribution in [2.45, 2.75) is 0 Å². The molecule has 1 aliphatic heterocycles. The minimum Gasteiger partial charge on any atom is -0.479 e. The Morgan fingerprint density at radius 1 is 1.50 bits per heavy atom. The molecule has 16 heavy (non-hydrogen) atoms. The van der Waals surface area contributed by atoms with Crippen molar-refractivity contribution in [1.29, 1.82) is 0 Å². The predicted octanol–water partition coefficient (Wildman–Crippen LogP) is -1.51. The van der Waals surface area contributed by atoms with Crippen LogP contribution in [0.5, 0.6) is 0 Å². The van der Waals surface area contributed by atoms with Crippen LogP contribution in [0.2, 0.25) is 0 Å². The van der Waals surface area contributed by atoms with E-state index in [-0.39, 0.29) is 12.5 Å². The number of carboxylic acids is 1. The largest absolute Gasteiger partial charge is 0.479 e. The predicted molar refractivity (Wildman–Crippen MR) is 51.3 cm³/mol. The Morgan fingerprint density at radius 2 is 2.19 bits per heavy atom. The lowest BCUT2D eigenvalue weighted by molar-refractivity contribution is -0.144. The van der Waals surface area contributed by atoms with Gasteiger partial charge in [0, 0.05) is 20.1 Å². The zero-order valence-corrected chi connectivity index (χ0v) is 8.80. The minimum absolute atomic E-state index is 0.0290. The van der Waals surface area contributed by atoms with Crippen LogP contribution < -0.4 is 5.48 Å². The molecular weight excluding hydrogens is 218 g/mol. The van der Waals surface area contributed by atoms with Gasteiger partial charge in [0.05, 0.1) is 0 Å². The number of piperazine rings is 1. The number of carboxylic acid groups (broad SMARTS) is 1. The van der Waals surface area contributed by atoms with Gasteiger partial charge in [0.1, 0.15) is 6.54 Å². The molecule has 8 nitrogen and oxygen atoms in total. The van der Waals surface area contributed by atoms with Gasteiger partial charge in [-0.3, -0.25) is 9.63 Å². The fourth-order valence-electron chi connectivity index (χ4n) is 1.16. The van der Waals surface area contributed by atoms with Gasteiger partial charge in [-0.1, -0.05) is 0 Å². The molecule has 0 aromatic heterocycles. The SMILES string of the molecule is CN1CCN(C(=O)NOCC(=O)O)CC1=O. The molecule has 1 fully saturated rings. The van der Waals surface area contributed by atoms with Gasteiger partial charge in [-0.25, -0.2) is 15.1 Å². The second kappa shape index (κ2) is 5.31. The van der Waals surface area contributed by atoms with Crippen molar-refractivity contribution in [2.75, 3.05) is 33.3 Å². The summed E-state index contributed by atoms with van der Waals surface area (Å²) in [5.74, 6) is -1.35. The number of hydrogen-bond donors (Lipinski definition) is 2. The van der Waals surface area contributed by atoms with Crippen molar-refractivity contribution in [3.63, 3.8) is 0 Å². The zero-order valence-electron chi connectivity index (χ0n) is 8.80. The molecule has 0 unspecified atom stereocenters. The van der Waals surface area contributed by atoms with Crippen molar-refractivity contribution in [1.82, 2.24) is 15.3 Å². The summed E-state index contributed by atoms with van der Waals surface area (Å²) in [7, 11) is 1.65. The maximum Gasteiger partial charge on any atom is 0.341 e. The first-order valence-electron chi connectivity index (χ1n) is 4.63. The Labute approximate surface area is 91.7 Å². The van der Waals surface area contributed by atoms with E-state index >= 15 is 0 Å². The average molecular weight is 231 g/mol. The van der Waals surface area contributed by atoms with Crippen LogP contribution in [0.4, 0.5) is 4.79 Å². The molecule has 0 aromatic rings. The summed E-state index contributed by atoms with van der Waals surface area (Å²) in [5, 5.41) is 8.26. The highest BCUT2D eigenvalue weighted by Crippen LogP contribution is 2.00. The Hall–Kier alpha value is -1.83. The molecule has 0 bridgehead atoms. The van der Waals surface area contributed by atoms with Gasteiger partial charge < -0.3 is 14.9 Å². The first-order chi connectivity index (χ1) is 7.50. The normalized spacial score (nSPS) is 16.2. The first-order valence-corrected chi connectivity index (χ1v) is 4.63. The Bertz CT molecular complexity index is 306. The zero-order chi connectivity index (χ0) is 12.1. The maximum absolute atomic E-state index is 11.4. The molecule has 2 N–H and O–H groups in total. The lowest BCUT2D eigenvalue weighted by Gasteiger charge is -2.31. The van der Waals surface area contributed by atoms with Gasteiger partial charge in [-0.2, -0.15) is 0 Å². The Kier molecular flexibility index (Phi) is 4.06. The summed E-state index contributed by atoms with van der Waals surface area (Å²) in [6, 6.07) is -0.609. The lowest BCUT2D eigenvalue weighted by Crippen LogP contribution is -2.53. The van der Waals surface area contributed by atoms with Gasteiger partial charge in [0.15, 0.2) is 6.61 Å². The molecule has 3 amide bonds. The van der Waals surface area contributed by atoms with Crippen LogP contribution >= 0.6 is 0 Å². The van der Waals surface area contributed by atoms with E-state index in [1.54, 1.807) is 7.05 Å². The van der Waals surface area contributed by atoms with Crippen LogP contribution in [0, 0.1) is 0 Å². The summed E-state index contributed by atoms with van der Waals surface area (Å²) in [6.07, 6.45) is 0. The quantitative estimate of drug-likeness (QED) is 0.575. The second-order valence-corrected chi connectivity index (χ2v) is 3.33. The van der Waals surface area contributed by atoms with E-state index in [9.17, 15) is 14.4 Å². The summed E-state index contributed by atoms with van der Waals surface area (Å²) in [5.41, 5.74) is 1.95. The van der Waals surface area contributed by atoms with E-state index < -0.39 is 18.6 Å². The van der Waals surface area contributed by atoms with E-state index in [2.05, 4.69) is 4.84 Å². The number of carbonyl (C=O) groups excluding carboxylic acids is 2. The molecule has 1 rings (SSSR count). The highest BCUT2D eigenvalue weighted by atomic mass is 16.7. The molecular formula is C8H13N3O5. The summed E-state index contributed by atoms with van der Waals surface area (Å²) in [4.78, 5) is 39.9. The van der Waals surface area contributed by atoms with Crippen LogP contribution in [0.15, 0.2) is 0 Å². The number of hydroxylamine groups is 1. The van der Waals surface area contributed by atoms with Crippen LogP contribution in [-0.4, -0.2) is 66.1 Å². The molecule has 8 heteroatoms.